The summed E-state index contributed by atoms with van der Waals surface area (Å²) in [4.78, 5) is 13.9. The van der Waals surface area contributed by atoms with Crippen LogP contribution in [0.15, 0.2) is 17.1 Å². The van der Waals surface area contributed by atoms with Gasteiger partial charge < -0.3 is 9.40 Å². The number of halogens is 1. The van der Waals surface area contributed by atoms with Crippen molar-refractivity contribution in [1.82, 2.24) is 4.98 Å². The van der Waals surface area contributed by atoms with E-state index in [9.17, 15) is 9.18 Å². The number of nitrogens with one attached hydrogen (secondary N) is 1. The van der Waals surface area contributed by atoms with E-state index in [0.717, 1.165) is 0 Å². The van der Waals surface area contributed by atoms with Crippen molar-refractivity contribution in [3.8, 4) is 0 Å². The maximum Gasteiger partial charge on any atom is 0.280 e. The molecule has 2 heterocycles. The average molecular weight is 193 g/mol. The molecule has 2 aromatic rings. The van der Waals surface area contributed by atoms with E-state index in [2.05, 4.69) is 11.6 Å². The third-order valence-corrected chi connectivity index (χ3v) is 2.03. The summed E-state index contributed by atoms with van der Waals surface area (Å²) in [7, 11) is 0. The molecular weight excluding hydrogens is 185 g/mol. The third kappa shape index (κ3) is 1.08. The minimum atomic E-state index is -0.676. The summed E-state index contributed by atoms with van der Waals surface area (Å²) in [6.07, 6.45) is 1.47. The fourth-order valence-corrected chi connectivity index (χ4v) is 1.44. The molecular formula is C10H8FNO2. The van der Waals surface area contributed by atoms with Crippen molar-refractivity contribution < 1.29 is 13.6 Å². The fourth-order valence-electron chi connectivity index (χ4n) is 1.44. The number of hydrogen-bond acceptors (Lipinski definition) is 2. The summed E-state index contributed by atoms with van der Waals surface area (Å²) in [6.45, 7) is 4.98. The highest BCUT2D eigenvalue weighted by molar-refractivity contribution is 6.02. The highest BCUT2D eigenvalue weighted by Crippen LogP contribution is 2.26. The molecule has 0 unspecified atom stereocenters. The standard InChI is InChI=1S/C10H8FNO2/c1-3-6-9(5(2)13)12-7-4-8(11)14-10(6)7/h3-4,12H,1H2,2H3. The van der Waals surface area contributed by atoms with Crippen molar-refractivity contribution in [2.45, 2.75) is 6.92 Å². The Hall–Kier alpha value is -1.84. The van der Waals surface area contributed by atoms with E-state index < -0.39 is 6.01 Å². The molecule has 0 aromatic carbocycles. The zero-order valence-corrected chi connectivity index (χ0v) is 7.56. The fraction of sp³-hybridized carbons (Fsp3) is 0.100. The normalized spacial score (nSPS) is 10.7. The first-order valence-electron chi connectivity index (χ1n) is 4.08. The van der Waals surface area contributed by atoms with E-state index in [0.29, 0.717) is 22.4 Å². The van der Waals surface area contributed by atoms with Gasteiger partial charge in [0.15, 0.2) is 11.4 Å². The molecule has 0 aliphatic carbocycles. The van der Waals surface area contributed by atoms with Gasteiger partial charge in [0.1, 0.15) is 0 Å². The topological polar surface area (TPSA) is 46.0 Å². The quantitative estimate of drug-likeness (QED) is 0.745. The number of rotatable bonds is 2. The van der Waals surface area contributed by atoms with Gasteiger partial charge in [-0.1, -0.05) is 12.7 Å². The molecule has 0 fully saturated rings. The molecule has 0 bridgehead atoms. The number of aromatic amines is 1. The molecule has 2 aromatic heterocycles. The summed E-state index contributed by atoms with van der Waals surface area (Å²) in [5.74, 6) is -0.133. The lowest BCUT2D eigenvalue weighted by Crippen LogP contribution is -1.94. The number of carbonyl (C=O) groups is 1. The van der Waals surface area contributed by atoms with Crippen LogP contribution in [0.25, 0.3) is 17.2 Å². The first-order chi connectivity index (χ1) is 6.63. The number of Topliss-reactive ketones (excluding diaryl/α,β-unsaturated/α-hetero) is 1. The van der Waals surface area contributed by atoms with E-state index in [1.165, 1.54) is 19.1 Å². The number of carbonyl (C=O) groups excluding carboxylic acids is 1. The summed E-state index contributed by atoms with van der Waals surface area (Å²) in [5.41, 5.74) is 1.72. The van der Waals surface area contributed by atoms with Crippen LogP contribution < -0.4 is 0 Å². The number of fused-ring (bicyclic) bond motifs is 1. The van der Waals surface area contributed by atoms with Gasteiger partial charge in [-0.25, -0.2) is 0 Å². The van der Waals surface area contributed by atoms with Crippen molar-refractivity contribution in [2.75, 3.05) is 0 Å². The van der Waals surface area contributed by atoms with Gasteiger partial charge >= 0.3 is 0 Å². The molecule has 0 saturated heterocycles. The largest absolute Gasteiger partial charge is 0.429 e. The molecule has 0 atom stereocenters. The summed E-state index contributed by atoms with van der Waals surface area (Å²) in [6, 6.07) is 0.527. The van der Waals surface area contributed by atoms with Gasteiger partial charge in [0.25, 0.3) is 6.01 Å². The monoisotopic (exact) mass is 193 g/mol. The summed E-state index contributed by atoms with van der Waals surface area (Å²) in [5, 5.41) is 0. The van der Waals surface area contributed by atoms with Crippen molar-refractivity contribution in [3.63, 3.8) is 0 Å². The minimum absolute atomic E-state index is 0.133. The molecule has 3 nitrogen and oxygen atoms in total. The summed E-state index contributed by atoms with van der Waals surface area (Å²) >= 11 is 0. The lowest BCUT2D eigenvalue weighted by molar-refractivity contribution is 0.101. The Morgan fingerprint density at radius 1 is 1.71 bits per heavy atom. The van der Waals surface area contributed by atoms with E-state index in [1.54, 1.807) is 0 Å². The van der Waals surface area contributed by atoms with Crippen LogP contribution in [0.2, 0.25) is 0 Å². The van der Waals surface area contributed by atoms with Gasteiger partial charge in [0.2, 0.25) is 0 Å². The van der Waals surface area contributed by atoms with E-state index in [1.807, 2.05) is 0 Å². The van der Waals surface area contributed by atoms with E-state index in [-0.39, 0.29) is 5.78 Å². The molecule has 0 amide bonds. The van der Waals surface area contributed by atoms with Crippen LogP contribution in [0.5, 0.6) is 0 Å². The number of furan rings is 1. The van der Waals surface area contributed by atoms with Gasteiger partial charge in [-0.2, -0.15) is 4.39 Å². The maximum absolute atomic E-state index is 12.7. The number of aromatic nitrogens is 1. The predicted molar refractivity (Wildman–Crippen MR) is 50.6 cm³/mol. The first-order valence-corrected chi connectivity index (χ1v) is 4.08. The van der Waals surface area contributed by atoms with Crippen molar-refractivity contribution >= 4 is 23.0 Å². The number of H-pyrrole nitrogens is 1. The number of hydrogen-bond donors (Lipinski definition) is 1. The second kappa shape index (κ2) is 2.83. The highest BCUT2D eigenvalue weighted by Gasteiger charge is 2.16. The Bertz CT molecular complexity index is 521. The SMILES string of the molecule is C=Cc1c(C(C)=O)[nH]c2cc(F)oc12. The molecule has 2 rings (SSSR count). The van der Waals surface area contributed by atoms with Crippen molar-refractivity contribution in [2.24, 2.45) is 0 Å². The average Bonchev–Trinajstić information content (AvgIpc) is 2.59. The second-order valence-corrected chi connectivity index (χ2v) is 2.97. The minimum Gasteiger partial charge on any atom is -0.429 e. The molecule has 4 heteroatoms. The van der Waals surface area contributed by atoms with Crippen LogP contribution >= 0.6 is 0 Å². The Morgan fingerprint density at radius 2 is 2.43 bits per heavy atom. The molecule has 72 valence electrons. The molecule has 0 aliphatic heterocycles. The zero-order chi connectivity index (χ0) is 10.3. The maximum atomic E-state index is 12.7. The van der Waals surface area contributed by atoms with Crippen molar-refractivity contribution in [1.29, 1.82) is 0 Å². The predicted octanol–water partition coefficient (Wildman–Crippen LogP) is 2.75. The molecule has 14 heavy (non-hydrogen) atoms. The lowest BCUT2D eigenvalue weighted by Gasteiger charge is -1.91. The van der Waals surface area contributed by atoms with Crippen LogP contribution in [0.3, 0.4) is 0 Å². The smallest absolute Gasteiger partial charge is 0.280 e. The van der Waals surface area contributed by atoms with Crippen molar-refractivity contribution in [3.05, 3.63) is 29.9 Å². The summed E-state index contributed by atoms with van der Waals surface area (Å²) < 4.78 is 17.5. The molecule has 0 radical (unpaired) electrons. The second-order valence-electron chi connectivity index (χ2n) is 2.97. The molecule has 1 N–H and O–H groups in total. The molecule has 0 spiro atoms. The molecule has 0 saturated carbocycles. The van der Waals surface area contributed by atoms with E-state index >= 15 is 0 Å². The number of ketones is 1. The van der Waals surface area contributed by atoms with Gasteiger partial charge in [-0.15, -0.1) is 0 Å². The van der Waals surface area contributed by atoms with Crippen LogP contribution in [0.1, 0.15) is 23.0 Å². The van der Waals surface area contributed by atoms with Crippen LogP contribution in [0, 0.1) is 6.01 Å². The van der Waals surface area contributed by atoms with Gasteiger partial charge in [0.05, 0.1) is 11.2 Å². The Labute approximate surface area is 79.2 Å². The van der Waals surface area contributed by atoms with Crippen LogP contribution in [0.4, 0.5) is 4.39 Å². The first kappa shape index (κ1) is 8.74. The zero-order valence-electron chi connectivity index (χ0n) is 7.56. The van der Waals surface area contributed by atoms with Gasteiger partial charge in [-0.3, -0.25) is 4.79 Å². The Balaban J connectivity index is 2.81. The van der Waals surface area contributed by atoms with Crippen LogP contribution in [-0.4, -0.2) is 10.8 Å². The molecule has 0 aliphatic rings. The van der Waals surface area contributed by atoms with Gasteiger partial charge in [-0.05, 0) is 0 Å². The Morgan fingerprint density at radius 3 is 3.00 bits per heavy atom. The highest BCUT2D eigenvalue weighted by atomic mass is 19.1. The lowest BCUT2D eigenvalue weighted by atomic mass is 10.2. The van der Waals surface area contributed by atoms with Gasteiger partial charge in [0, 0.05) is 18.6 Å². The van der Waals surface area contributed by atoms with E-state index in [4.69, 9.17) is 4.42 Å². The van der Waals surface area contributed by atoms with Crippen LogP contribution in [-0.2, 0) is 0 Å². The Kier molecular flexibility index (Phi) is 1.77. The third-order valence-electron chi connectivity index (χ3n) is 2.03.